The molecular formula is C39H27N3OPS+. The first-order valence-corrected chi connectivity index (χ1v) is 17.3. The van der Waals surface area contributed by atoms with Gasteiger partial charge in [-0.1, -0.05) is 115 Å². The second kappa shape index (κ2) is 11.5. The number of nitrogens with zero attached hydrogens (tertiary/aromatic N) is 3. The van der Waals surface area contributed by atoms with Gasteiger partial charge < -0.3 is 0 Å². The summed E-state index contributed by atoms with van der Waals surface area (Å²) in [5, 5.41) is 4.87. The normalized spacial score (nSPS) is 11.7. The van der Waals surface area contributed by atoms with Crippen LogP contribution in [0.25, 0.3) is 54.3 Å². The Balaban J connectivity index is 1.47. The highest BCUT2D eigenvalue weighted by atomic mass is 32.1. The van der Waals surface area contributed by atoms with Crippen molar-refractivity contribution in [1.29, 1.82) is 0 Å². The predicted octanol–water partition coefficient (Wildman–Crippen LogP) is 8.44. The minimum absolute atomic E-state index is 0.575. The van der Waals surface area contributed by atoms with Crippen molar-refractivity contribution in [1.82, 2.24) is 15.0 Å². The van der Waals surface area contributed by atoms with Gasteiger partial charge in [-0.15, -0.1) is 11.3 Å². The number of benzene rings is 6. The maximum atomic E-state index is 13.0. The molecule has 1 N–H and O–H groups in total. The van der Waals surface area contributed by atoms with Crippen LogP contribution >= 0.6 is 18.8 Å². The predicted molar refractivity (Wildman–Crippen MR) is 190 cm³/mol. The number of aromatic nitrogens is 3. The minimum Gasteiger partial charge on any atom is -0.235 e. The fourth-order valence-corrected chi connectivity index (χ4v) is 9.86. The summed E-state index contributed by atoms with van der Waals surface area (Å²) in [7, 11) is -3.03. The van der Waals surface area contributed by atoms with Crippen LogP contribution in [-0.2, 0) is 0 Å². The Labute approximate surface area is 265 Å². The fourth-order valence-electron chi connectivity index (χ4n) is 5.87. The lowest BCUT2D eigenvalue weighted by Crippen LogP contribution is -2.30. The lowest BCUT2D eigenvalue weighted by molar-refractivity contribution is 0.633. The summed E-state index contributed by atoms with van der Waals surface area (Å²) in [6, 6.07) is 52.9. The van der Waals surface area contributed by atoms with E-state index in [9.17, 15) is 4.89 Å². The quantitative estimate of drug-likeness (QED) is 0.191. The number of hydrogen-bond donors (Lipinski definition) is 1. The minimum atomic E-state index is -3.03. The van der Waals surface area contributed by atoms with E-state index in [-0.39, 0.29) is 0 Å². The first-order chi connectivity index (χ1) is 22.2. The van der Waals surface area contributed by atoms with Gasteiger partial charge in [-0.05, 0) is 36.4 Å². The lowest BCUT2D eigenvalue weighted by Gasteiger charge is -2.21. The van der Waals surface area contributed by atoms with E-state index in [0.29, 0.717) is 17.5 Å². The van der Waals surface area contributed by atoms with Gasteiger partial charge in [0.05, 0.1) is 0 Å². The van der Waals surface area contributed by atoms with Crippen LogP contribution in [0.2, 0.25) is 0 Å². The topological polar surface area (TPSA) is 58.9 Å². The van der Waals surface area contributed by atoms with Gasteiger partial charge in [0.15, 0.2) is 17.5 Å². The van der Waals surface area contributed by atoms with Crippen LogP contribution in [0, 0.1) is 0 Å². The summed E-state index contributed by atoms with van der Waals surface area (Å²) in [5.41, 5.74) is 2.71. The van der Waals surface area contributed by atoms with Crippen LogP contribution in [0.5, 0.6) is 0 Å². The third-order valence-electron chi connectivity index (χ3n) is 8.04. The van der Waals surface area contributed by atoms with Gasteiger partial charge in [-0.2, -0.15) is 0 Å². The molecule has 45 heavy (non-hydrogen) atoms. The molecule has 0 bridgehead atoms. The van der Waals surface area contributed by atoms with E-state index < -0.39 is 7.49 Å². The number of rotatable bonds is 6. The summed E-state index contributed by atoms with van der Waals surface area (Å²) in [4.78, 5) is 28.1. The molecule has 0 unspecified atom stereocenters. The van der Waals surface area contributed by atoms with E-state index in [1.807, 2.05) is 121 Å². The van der Waals surface area contributed by atoms with Gasteiger partial charge in [-0.3, -0.25) is 0 Å². The molecule has 0 radical (unpaired) electrons. The summed E-state index contributed by atoms with van der Waals surface area (Å²) < 4.78 is 2.25. The third-order valence-corrected chi connectivity index (χ3v) is 12.3. The van der Waals surface area contributed by atoms with Crippen LogP contribution in [0.15, 0.2) is 158 Å². The van der Waals surface area contributed by atoms with Crippen LogP contribution < -0.4 is 15.9 Å². The molecule has 2 heterocycles. The van der Waals surface area contributed by atoms with Crippen molar-refractivity contribution in [3.63, 3.8) is 0 Å². The molecule has 0 fully saturated rings. The van der Waals surface area contributed by atoms with Crippen molar-refractivity contribution in [2.24, 2.45) is 0 Å². The molecule has 2 aromatic heterocycles. The van der Waals surface area contributed by atoms with E-state index >= 15 is 0 Å². The molecule has 8 rings (SSSR count). The van der Waals surface area contributed by atoms with Crippen molar-refractivity contribution in [2.75, 3.05) is 0 Å². The number of hydrogen-bond acceptors (Lipinski definition) is 5. The maximum Gasteiger partial charge on any atom is 0.238 e. The first-order valence-electron chi connectivity index (χ1n) is 14.7. The Bertz CT molecular complexity index is 2180. The summed E-state index contributed by atoms with van der Waals surface area (Å²) >= 11 is 1.73. The van der Waals surface area contributed by atoms with Gasteiger partial charge in [0.25, 0.3) is 0 Å². The molecular weight excluding hydrogens is 589 g/mol. The van der Waals surface area contributed by atoms with Crippen molar-refractivity contribution < 1.29 is 4.89 Å². The zero-order valence-corrected chi connectivity index (χ0v) is 25.9. The van der Waals surface area contributed by atoms with Gasteiger partial charge in [0.2, 0.25) is 7.49 Å². The van der Waals surface area contributed by atoms with E-state index in [1.54, 1.807) is 11.3 Å². The molecule has 0 aliphatic carbocycles. The molecule has 8 aromatic rings. The molecule has 6 aromatic carbocycles. The molecule has 6 heteroatoms. The van der Waals surface area contributed by atoms with E-state index in [0.717, 1.165) is 48.1 Å². The molecule has 0 spiro atoms. The Morgan fingerprint density at radius 3 is 1.47 bits per heavy atom. The lowest BCUT2D eigenvalue weighted by atomic mass is 10.1. The molecule has 0 aliphatic heterocycles. The van der Waals surface area contributed by atoms with E-state index in [2.05, 4.69) is 36.4 Å². The number of fused-ring (bicyclic) bond motifs is 3. The highest BCUT2D eigenvalue weighted by Gasteiger charge is 2.45. The van der Waals surface area contributed by atoms with E-state index in [4.69, 9.17) is 15.0 Å². The zero-order chi connectivity index (χ0) is 30.2. The van der Waals surface area contributed by atoms with Crippen molar-refractivity contribution in [3.05, 3.63) is 158 Å². The van der Waals surface area contributed by atoms with Crippen LogP contribution in [-0.4, -0.2) is 19.8 Å². The SMILES string of the molecule is O[P+](c1ccccc1)(c1ccccc1)c1cc(-c2nc(-c3ccccc3)nc(-c3ccccc3)n2)c2c(c1)sc1ccccc12. The Morgan fingerprint density at radius 1 is 0.444 bits per heavy atom. The highest BCUT2D eigenvalue weighted by Crippen LogP contribution is 2.53. The summed E-state index contributed by atoms with van der Waals surface area (Å²) in [6.07, 6.45) is 0. The molecule has 4 nitrogen and oxygen atoms in total. The standard InChI is InChI=1S/C39H27N3OPS/c43-44(29-19-9-3-10-20-29,30-21-11-4-12-22-30)31-25-33(36-32-23-13-14-24-34(32)45-35(36)26-31)39-41-37(27-15-5-1-6-16-27)40-38(42-39)28-17-7-2-8-18-28/h1-26,43H/q+1. The van der Waals surface area contributed by atoms with Gasteiger partial charge in [0.1, 0.15) is 15.9 Å². The zero-order valence-electron chi connectivity index (χ0n) is 24.2. The molecule has 0 saturated carbocycles. The maximum absolute atomic E-state index is 13.0. The first kappa shape index (κ1) is 27.5. The van der Waals surface area contributed by atoms with Gasteiger partial charge in [0, 0.05) is 42.9 Å². The van der Waals surface area contributed by atoms with Crippen molar-refractivity contribution in [2.45, 2.75) is 0 Å². The third kappa shape index (κ3) is 4.92. The second-order valence-electron chi connectivity index (χ2n) is 10.8. The Morgan fingerprint density at radius 2 is 0.911 bits per heavy atom. The molecule has 214 valence electrons. The van der Waals surface area contributed by atoms with E-state index in [1.165, 1.54) is 4.70 Å². The molecule has 0 amide bonds. The van der Waals surface area contributed by atoms with Gasteiger partial charge in [-0.25, -0.2) is 19.8 Å². The summed E-state index contributed by atoms with van der Waals surface area (Å²) in [5.74, 6) is 1.79. The number of thiophene rings is 1. The Kier molecular flexibility index (Phi) is 7.00. The van der Waals surface area contributed by atoms with Crippen LogP contribution in [0.3, 0.4) is 0 Å². The largest absolute Gasteiger partial charge is 0.238 e. The molecule has 0 aliphatic rings. The molecule has 0 saturated heterocycles. The average Bonchev–Trinajstić information content (AvgIpc) is 3.51. The monoisotopic (exact) mass is 616 g/mol. The Hall–Kier alpha value is -5.06. The molecule has 0 atom stereocenters. The highest BCUT2D eigenvalue weighted by molar-refractivity contribution is 7.91. The second-order valence-corrected chi connectivity index (χ2v) is 14.7. The van der Waals surface area contributed by atoms with Crippen LogP contribution in [0.4, 0.5) is 0 Å². The summed E-state index contributed by atoms with van der Waals surface area (Å²) in [6.45, 7) is 0. The van der Waals surface area contributed by atoms with Crippen LogP contribution in [0.1, 0.15) is 0 Å². The average molecular weight is 617 g/mol. The smallest absolute Gasteiger partial charge is 0.235 e. The van der Waals surface area contributed by atoms with Crippen molar-refractivity contribution >= 4 is 54.9 Å². The van der Waals surface area contributed by atoms with Crippen molar-refractivity contribution in [3.8, 4) is 34.2 Å². The van der Waals surface area contributed by atoms with Gasteiger partial charge >= 0.3 is 0 Å². The fraction of sp³-hybridized carbons (Fsp3) is 0.